The van der Waals surface area contributed by atoms with Crippen molar-refractivity contribution in [3.63, 3.8) is 0 Å². The van der Waals surface area contributed by atoms with Gasteiger partial charge in [0.1, 0.15) is 12.1 Å². The first kappa shape index (κ1) is 24.4. The summed E-state index contributed by atoms with van der Waals surface area (Å²) in [4.78, 5) is 32.9. The lowest BCUT2D eigenvalue weighted by atomic mass is 10.1. The van der Waals surface area contributed by atoms with E-state index in [9.17, 15) is 23.1 Å². The molecule has 172 valence electrons. The molecule has 2 aromatic heterocycles. The second-order valence-electron chi connectivity index (χ2n) is 6.66. The van der Waals surface area contributed by atoms with Crippen LogP contribution in [-0.2, 0) is 26.2 Å². The Kier molecular flexibility index (Phi) is 8.17. The summed E-state index contributed by atoms with van der Waals surface area (Å²) in [5.74, 6) is -3.03. The number of aliphatic carboxylic acids is 2. The molecule has 8 N–H and O–H groups in total. The molecular formula is C15H23N7O8S. The molecule has 0 saturated carbocycles. The van der Waals surface area contributed by atoms with Gasteiger partial charge >= 0.3 is 11.9 Å². The van der Waals surface area contributed by atoms with Crippen LogP contribution in [0.15, 0.2) is 17.0 Å². The van der Waals surface area contributed by atoms with Crippen molar-refractivity contribution in [2.45, 2.75) is 50.4 Å². The standard InChI is InChI=1S/C15H23N7O8S/c1-7(23)12(15(26)27)22-31(28,29)21-10(2-3-11(24)25)14-19-13(20-30-14)9(16)4-8-5-17-6-18-8/h5-7,9-10,12,21-23H,2-4,16H2,1H3,(H,17,18)(H,24,25)(H,26,27)/t7?,9-,10-,12-/m0/s1. The number of H-pyrrole nitrogens is 1. The Hall–Kier alpha value is -2.92. The van der Waals surface area contributed by atoms with Gasteiger partial charge in [0.05, 0.1) is 18.5 Å². The van der Waals surface area contributed by atoms with E-state index in [-0.39, 0.29) is 24.6 Å². The summed E-state index contributed by atoms with van der Waals surface area (Å²) in [5.41, 5.74) is 6.71. The summed E-state index contributed by atoms with van der Waals surface area (Å²) >= 11 is 0. The second-order valence-corrected chi connectivity index (χ2v) is 8.14. The van der Waals surface area contributed by atoms with E-state index in [1.807, 2.05) is 0 Å². The predicted molar refractivity (Wildman–Crippen MR) is 101 cm³/mol. The molecule has 2 heterocycles. The van der Waals surface area contributed by atoms with E-state index in [1.54, 1.807) is 10.9 Å². The number of carboxylic acids is 2. The van der Waals surface area contributed by atoms with Crippen molar-refractivity contribution in [1.29, 1.82) is 0 Å². The number of imidazole rings is 1. The maximum Gasteiger partial charge on any atom is 0.324 e. The number of carboxylic acid groups (broad SMARTS) is 2. The number of rotatable bonds is 13. The number of nitrogens with zero attached hydrogens (tertiary/aromatic N) is 3. The highest BCUT2D eigenvalue weighted by molar-refractivity contribution is 7.87. The average Bonchev–Trinajstić information content (AvgIpc) is 3.34. The van der Waals surface area contributed by atoms with Crippen molar-refractivity contribution < 1.29 is 37.8 Å². The molecule has 15 nitrogen and oxygen atoms in total. The van der Waals surface area contributed by atoms with Crippen molar-refractivity contribution in [3.05, 3.63) is 29.9 Å². The molecule has 0 aliphatic carbocycles. The van der Waals surface area contributed by atoms with Crippen LogP contribution < -0.4 is 15.2 Å². The van der Waals surface area contributed by atoms with E-state index < -0.39 is 52.8 Å². The number of aliphatic hydroxyl groups excluding tert-OH is 1. The molecular weight excluding hydrogens is 438 g/mol. The van der Waals surface area contributed by atoms with E-state index >= 15 is 0 Å². The number of carbonyl (C=O) groups is 2. The fourth-order valence-electron chi connectivity index (χ4n) is 2.51. The quantitative estimate of drug-likeness (QED) is 0.174. The normalized spacial score (nSPS) is 15.8. The van der Waals surface area contributed by atoms with Crippen LogP contribution >= 0.6 is 0 Å². The summed E-state index contributed by atoms with van der Waals surface area (Å²) in [7, 11) is -4.52. The highest BCUT2D eigenvalue weighted by Gasteiger charge is 2.32. The van der Waals surface area contributed by atoms with E-state index in [1.165, 1.54) is 6.33 Å². The zero-order valence-electron chi connectivity index (χ0n) is 16.3. The molecule has 0 radical (unpaired) electrons. The Morgan fingerprint density at radius 2 is 2.03 bits per heavy atom. The van der Waals surface area contributed by atoms with Gasteiger partial charge in [0, 0.05) is 24.7 Å². The van der Waals surface area contributed by atoms with Gasteiger partial charge in [0.15, 0.2) is 5.82 Å². The first-order valence-corrected chi connectivity index (χ1v) is 10.5. The number of aromatic amines is 1. The lowest BCUT2D eigenvalue weighted by Crippen LogP contribution is -2.52. The number of nitrogens with two attached hydrogens (primary N) is 1. The molecule has 31 heavy (non-hydrogen) atoms. The Balaban J connectivity index is 2.19. The summed E-state index contributed by atoms with van der Waals surface area (Å²) in [6.07, 6.45) is 1.02. The van der Waals surface area contributed by atoms with Crippen LogP contribution in [0.2, 0.25) is 0 Å². The third kappa shape index (κ3) is 7.37. The second kappa shape index (κ2) is 10.4. The summed E-state index contributed by atoms with van der Waals surface area (Å²) < 4.78 is 33.6. The summed E-state index contributed by atoms with van der Waals surface area (Å²) in [6.45, 7) is 1.09. The van der Waals surface area contributed by atoms with Crippen LogP contribution in [0.3, 0.4) is 0 Å². The minimum Gasteiger partial charge on any atom is -0.481 e. The van der Waals surface area contributed by atoms with Crippen LogP contribution in [0.1, 0.15) is 49.3 Å². The molecule has 2 aromatic rings. The SMILES string of the molecule is CC(O)[C@H](NS(=O)(=O)N[C@@H](CCC(=O)O)c1nc([C@@H](N)Cc2cnc[nH]2)no1)C(=O)O. The van der Waals surface area contributed by atoms with Crippen LogP contribution in [0.5, 0.6) is 0 Å². The molecule has 4 atom stereocenters. The first-order chi connectivity index (χ1) is 14.5. The molecule has 0 bridgehead atoms. The monoisotopic (exact) mass is 461 g/mol. The first-order valence-electron chi connectivity index (χ1n) is 8.97. The van der Waals surface area contributed by atoms with Gasteiger partial charge in [-0.2, -0.15) is 22.8 Å². The van der Waals surface area contributed by atoms with Crippen molar-refractivity contribution in [1.82, 2.24) is 29.6 Å². The number of aliphatic hydroxyl groups is 1. The molecule has 0 fully saturated rings. The van der Waals surface area contributed by atoms with Gasteiger partial charge in [-0.05, 0) is 13.3 Å². The van der Waals surface area contributed by atoms with Gasteiger partial charge in [-0.25, -0.2) is 4.98 Å². The zero-order chi connectivity index (χ0) is 23.2. The molecule has 0 amide bonds. The van der Waals surface area contributed by atoms with Crippen molar-refractivity contribution in [3.8, 4) is 0 Å². The lowest BCUT2D eigenvalue weighted by Gasteiger charge is -2.20. The summed E-state index contributed by atoms with van der Waals surface area (Å²) in [6, 6.07) is -3.85. The van der Waals surface area contributed by atoms with Crippen LogP contribution in [0.4, 0.5) is 0 Å². The number of hydrogen-bond donors (Lipinski definition) is 7. The van der Waals surface area contributed by atoms with Gasteiger partial charge in [-0.1, -0.05) is 5.16 Å². The lowest BCUT2D eigenvalue weighted by molar-refractivity contribution is -0.141. The Labute approximate surface area is 176 Å². The highest BCUT2D eigenvalue weighted by Crippen LogP contribution is 2.20. The fraction of sp³-hybridized carbons (Fsp3) is 0.533. The number of hydrogen-bond acceptors (Lipinski definition) is 10. The molecule has 2 rings (SSSR count). The number of aromatic nitrogens is 4. The van der Waals surface area contributed by atoms with E-state index in [4.69, 9.17) is 20.5 Å². The van der Waals surface area contributed by atoms with Crippen molar-refractivity contribution in [2.24, 2.45) is 5.73 Å². The van der Waals surface area contributed by atoms with Gasteiger partial charge in [-0.3, -0.25) is 9.59 Å². The fourth-order valence-corrected chi connectivity index (χ4v) is 3.80. The van der Waals surface area contributed by atoms with E-state index in [0.29, 0.717) is 5.69 Å². The topological polar surface area (TPSA) is 247 Å². The molecule has 0 aliphatic rings. The smallest absolute Gasteiger partial charge is 0.324 e. The highest BCUT2D eigenvalue weighted by atomic mass is 32.2. The molecule has 0 aromatic carbocycles. The predicted octanol–water partition coefficient (Wildman–Crippen LogP) is -1.80. The van der Waals surface area contributed by atoms with E-state index in [0.717, 1.165) is 6.92 Å². The maximum atomic E-state index is 12.4. The zero-order valence-corrected chi connectivity index (χ0v) is 17.1. The van der Waals surface area contributed by atoms with Crippen molar-refractivity contribution in [2.75, 3.05) is 0 Å². The average molecular weight is 461 g/mol. The minimum absolute atomic E-state index is 0.0458. The van der Waals surface area contributed by atoms with Crippen LogP contribution in [0.25, 0.3) is 0 Å². The largest absolute Gasteiger partial charge is 0.481 e. The van der Waals surface area contributed by atoms with Crippen LogP contribution in [0, 0.1) is 0 Å². The van der Waals surface area contributed by atoms with Gasteiger partial charge in [0.2, 0.25) is 5.89 Å². The number of nitrogens with one attached hydrogen (secondary N) is 3. The van der Waals surface area contributed by atoms with Gasteiger partial charge in [0.25, 0.3) is 10.2 Å². The minimum atomic E-state index is -4.52. The molecule has 0 saturated heterocycles. The van der Waals surface area contributed by atoms with Crippen molar-refractivity contribution >= 4 is 22.1 Å². The summed E-state index contributed by atoms with van der Waals surface area (Å²) in [5, 5.41) is 31.2. The Morgan fingerprint density at radius 3 is 2.58 bits per heavy atom. The third-order valence-electron chi connectivity index (χ3n) is 4.06. The Bertz CT molecular complexity index is 975. The molecule has 1 unspecified atom stereocenters. The van der Waals surface area contributed by atoms with E-state index in [2.05, 4.69) is 24.8 Å². The molecule has 0 spiro atoms. The molecule has 0 aliphatic heterocycles. The van der Waals surface area contributed by atoms with Crippen LogP contribution in [-0.4, -0.2) is 67.9 Å². The van der Waals surface area contributed by atoms with Gasteiger partial charge < -0.3 is 30.6 Å². The van der Waals surface area contributed by atoms with Gasteiger partial charge in [-0.15, -0.1) is 0 Å². The third-order valence-corrected chi connectivity index (χ3v) is 5.22. The molecule has 16 heteroatoms. The maximum absolute atomic E-state index is 12.4. The Morgan fingerprint density at radius 1 is 1.32 bits per heavy atom.